The highest BCUT2D eigenvalue weighted by molar-refractivity contribution is 6.37. The number of aromatic nitrogens is 2. The van der Waals surface area contributed by atoms with Gasteiger partial charge in [0.15, 0.2) is 0 Å². The molecule has 0 bridgehead atoms. The molecule has 4 rings (SSSR count). The first-order valence-electron chi connectivity index (χ1n) is 12.4. The van der Waals surface area contributed by atoms with E-state index in [1.54, 1.807) is 37.4 Å². The van der Waals surface area contributed by atoms with E-state index in [-0.39, 0.29) is 0 Å². The lowest BCUT2D eigenvalue weighted by atomic mass is 10.2. The SMILES string of the molecule is C=CC(O)Nc1cc(Nc2cc(Nc3cc(OC)c(Cl)cc3Cl)ncn2)c(OC)cc1OCCN1CCCC1. The Kier molecular flexibility index (Phi) is 9.94. The molecule has 1 aliphatic heterocycles. The van der Waals surface area contributed by atoms with Gasteiger partial charge in [0.25, 0.3) is 0 Å². The van der Waals surface area contributed by atoms with E-state index in [1.807, 2.05) is 0 Å². The number of halogens is 2. The van der Waals surface area contributed by atoms with Crippen molar-refractivity contribution >= 4 is 51.9 Å². The van der Waals surface area contributed by atoms with E-state index >= 15 is 0 Å². The summed E-state index contributed by atoms with van der Waals surface area (Å²) < 4.78 is 17.0. The Bertz CT molecular complexity index is 1290. The van der Waals surface area contributed by atoms with Crippen LogP contribution >= 0.6 is 23.2 Å². The van der Waals surface area contributed by atoms with Gasteiger partial charge in [0.2, 0.25) is 0 Å². The quantitative estimate of drug-likeness (QED) is 0.150. The number of ether oxygens (including phenoxy) is 3. The number of nitrogens with zero attached hydrogens (tertiary/aromatic N) is 3. The molecule has 1 unspecified atom stereocenters. The molecule has 10 nitrogen and oxygen atoms in total. The zero-order valence-electron chi connectivity index (χ0n) is 21.8. The van der Waals surface area contributed by atoms with Crippen LogP contribution in [0.3, 0.4) is 0 Å². The van der Waals surface area contributed by atoms with Gasteiger partial charge in [-0.05, 0) is 44.1 Å². The summed E-state index contributed by atoms with van der Waals surface area (Å²) in [5, 5.41) is 20.4. The Labute approximate surface area is 237 Å². The van der Waals surface area contributed by atoms with E-state index in [4.69, 9.17) is 37.4 Å². The van der Waals surface area contributed by atoms with Crippen LogP contribution in [0.2, 0.25) is 10.0 Å². The second kappa shape index (κ2) is 13.6. The van der Waals surface area contributed by atoms with Crippen molar-refractivity contribution in [3.8, 4) is 17.2 Å². The van der Waals surface area contributed by atoms with E-state index in [0.29, 0.717) is 62.6 Å². The van der Waals surface area contributed by atoms with Crippen molar-refractivity contribution in [3.05, 3.63) is 59.4 Å². The van der Waals surface area contributed by atoms with Crippen LogP contribution in [-0.4, -0.2) is 66.7 Å². The van der Waals surface area contributed by atoms with Crippen molar-refractivity contribution in [3.63, 3.8) is 0 Å². The lowest BCUT2D eigenvalue weighted by molar-refractivity contribution is 0.234. The Morgan fingerprint density at radius 3 is 2.28 bits per heavy atom. The standard InChI is InChI=1S/C27H32Cl2N6O4/c1-4-27(36)34-21-12-20(23(38-3)14-24(21)39-10-9-35-7-5-6-8-35)33-26-15-25(30-16-31-26)32-19-13-22(37-2)18(29)11-17(19)28/h4,11-16,27,34,36H,1,5-10H2,2-3H3,(H2,30,31,32,33). The molecule has 4 N–H and O–H groups in total. The first-order valence-corrected chi connectivity index (χ1v) is 13.2. The zero-order chi connectivity index (χ0) is 27.8. The van der Waals surface area contributed by atoms with Gasteiger partial charge in [0.1, 0.15) is 48.0 Å². The van der Waals surface area contributed by atoms with Crippen molar-refractivity contribution in [1.82, 2.24) is 14.9 Å². The van der Waals surface area contributed by atoms with Gasteiger partial charge in [0.05, 0.1) is 41.3 Å². The lowest BCUT2D eigenvalue weighted by Gasteiger charge is -2.21. The maximum Gasteiger partial charge on any atom is 0.146 e. The molecule has 0 saturated carbocycles. The molecule has 39 heavy (non-hydrogen) atoms. The minimum absolute atomic E-state index is 0.402. The molecule has 0 spiro atoms. The third-order valence-corrected chi connectivity index (χ3v) is 6.73. The lowest BCUT2D eigenvalue weighted by Crippen LogP contribution is -2.25. The summed E-state index contributed by atoms with van der Waals surface area (Å²) in [5.74, 6) is 2.53. The predicted molar refractivity (Wildman–Crippen MR) is 156 cm³/mol. The average Bonchev–Trinajstić information content (AvgIpc) is 3.45. The number of nitrogens with one attached hydrogen (secondary N) is 3. The first-order chi connectivity index (χ1) is 18.9. The second-order valence-electron chi connectivity index (χ2n) is 8.78. The van der Waals surface area contributed by atoms with Gasteiger partial charge in [-0.2, -0.15) is 0 Å². The molecule has 1 aliphatic rings. The number of aliphatic hydroxyl groups excluding tert-OH is 1. The molecule has 0 amide bonds. The van der Waals surface area contributed by atoms with Gasteiger partial charge >= 0.3 is 0 Å². The van der Waals surface area contributed by atoms with E-state index in [2.05, 4.69) is 37.4 Å². The van der Waals surface area contributed by atoms with Crippen LogP contribution in [0.4, 0.5) is 28.7 Å². The van der Waals surface area contributed by atoms with Crippen LogP contribution < -0.4 is 30.2 Å². The topological polar surface area (TPSA) is 113 Å². The van der Waals surface area contributed by atoms with E-state index in [0.717, 1.165) is 19.6 Å². The fourth-order valence-corrected chi connectivity index (χ4v) is 4.63. The van der Waals surface area contributed by atoms with Crippen molar-refractivity contribution < 1.29 is 19.3 Å². The second-order valence-corrected chi connectivity index (χ2v) is 9.59. The number of rotatable bonds is 13. The molecular weight excluding hydrogens is 543 g/mol. The van der Waals surface area contributed by atoms with Crippen molar-refractivity contribution in [1.29, 1.82) is 0 Å². The molecule has 208 valence electrons. The maximum absolute atomic E-state index is 10.2. The normalized spacial score (nSPS) is 14.0. The van der Waals surface area contributed by atoms with Gasteiger partial charge in [0, 0.05) is 24.7 Å². The van der Waals surface area contributed by atoms with Gasteiger partial charge in [-0.15, -0.1) is 0 Å². The number of methoxy groups -OCH3 is 2. The number of anilines is 5. The number of hydrogen-bond acceptors (Lipinski definition) is 10. The van der Waals surface area contributed by atoms with Crippen molar-refractivity contribution in [2.75, 3.05) is 56.4 Å². The minimum atomic E-state index is -0.969. The Morgan fingerprint density at radius 2 is 1.62 bits per heavy atom. The molecule has 12 heteroatoms. The van der Waals surface area contributed by atoms with Crippen LogP contribution in [0.1, 0.15) is 12.8 Å². The summed E-state index contributed by atoms with van der Waals surface area (Å²) in [5.41, 5.74) is 1.74. The molecule has 1 aromatic heterocycles. The van der Waals surface area contributed by atoms with Crippen molar-refractivity contribution in [2.24, 2.45) is 0 Å². The van der Waals surface area contributed by atoms with Crippen LogP contribution in [0.15, 0.2) is 49.3 Å². The van der Waals surface area contributed by atoms with Crippen LogP contribution in [0.5, 0.6) is 17.2 Å². The number of aliphatic hydroxyl groups is 1. The molecule has 2 aromatic carbocycles. The van der Waals surface area contributed by atoms with Gasteiger partial charge in [-0.25, -0.2) is 9.97 Å². The zero-order valence-corrected chi connectivity index (χ0v) is 23.3. The molecule has 1 fully saturated rings. The first kappa shape index (κ1) is 28.6. The van der Waals surface area contributed by atoms with Crippen LogP contribution in [-0.2, 0) is 0 Å². The molecule has 3 aromatic rings. The summed E-state index contributed by atoms with van der Waals surface area (Å²) in [6.45, 7) is 7.15. The molecule has 1 atom stereocenters. The Morgan fingerprint density at radius 1 is 0.923 bits per heavy atom. The molecule has 0 radical (unpaired) electrons. The molecule has 2 heterocycles. The number of hydrogen-bond donors (Lipinski definition) is 4. The van der Waals surface area contributed by atoms with Crippen molar-refractivity contribution in [2.45, 2.75) is 19.1 Å². The summed E-state index contributed by atoms with van der Waals surface area (Å²) in [6.07, 6.45) is 4.27. The van der Waals surface area contributed by atoms with E-state index in [9.17, 15) is 5.11 Å². The fraction of sp³-hybridized carbons (Fsp3) is 0.333. The molecule has 0 aliphatic carbocycles. The minimum Gasteiger partial charge on any atom is -0.495 e. The van der Waals surface area contributed by atoms with E-state index in [1.165, 1.54) is 32.4 Å². The average molecular weight is 575 g/mol. The largest absolute Gasteiger partial charge is 0.495 e. The summed E-state index contributed by atoms with van der Waals surface area (Å²) in [6, 6.07) is 8.55. The highest BCUT2D eigenvalue weighted by Crippen LogP contribution is 2.39. The summed E-state index contributed by atoms with van der Waals surface area (Å²) in [4.78, 5) is 11.0. The van der Waals surface area contributed by atoms with Gasteiger partial charge < -0.3 is 35.3 Å². The Balaban J connectivity index is 1.55. The Hall–Kier alpha value is -3.44. The van der Waals surface area contributed by atoms with Gasteiger partial charge in [-0.3, -0.25) is 4.90 Å². The third-order valence-electron chi connectivity index (χ3n) is 6.13. The smallest absolute Gasteiger partial charge is 0.146 e. The summed E-state index contributed by atoms with van der Waals surface area (Å²) in [7, 11) is 3.10. The fourth-order valence-electron chi connectivity index (χ4n) is 4.12. The molecule has 1 saturated heterocycles. The van der Waals surface area contributed by atoms with Crippen LogP contribution in [0.25, 0.3) is 0 Å². The maximum atomic E-state index is 10.2. The number of benzene rings is 2. The van der Waals surface area contributed by atoms with E-state index < -0.39 is 6.23 Å². The highest BCUT2D eigenvalue weighted by Gasteiger charge is 2.17. The summed E-state index contributed by atoms with van der Waals surface area (Å²) >= 11 is 12.5. The van der Waals surface area contributed by atoms with Gasteiger partial charge in [-0.1, -0.05) is 29.8 Å². The monoisotopic (exact) mass is 574 g/mol. The molecular formula is C27H32Cl2N6O4. The third kappa shape index (κ3) is 7.57. The number of likely N-dealkylation sites (tertiary alicyclic amines) is 1. The van der Waals surface area contributed by atoms with Crippen LogP contribution in [0, 0.1) is 0 Å². The predicted octanol–water partition coefficient (Wildman–Crippen LogP) is 5.68. The highest BCUT2D eigenvalue weighted by atomic mass is 35.5.